The summed E-state index contributed by atoms with van der Waals surface area (Å²) >= 11 is 0. The van der Waals surface area contributed by atoms with Crippen LogP contribution in [0.5, 0.6) is 0 Å². The fourth-order valence-corrected chi connectivity index (χ4v) is 3.81. The van der Waals surface area contributed by atoms with Crippen molar-refractivity contribution in [3.8, 4) is 11.8 Å². The molecular formula is C23H27N3O2. The number of hydrogen-bond acceptors (Lipinski definition) is 4. The highest BCUT2D eigenvalue weighted by Gasteiger charge is 2.23. The molecule has 2 saturated heterocycles. The van der Waals surface area contributed by atoms with E-state index in [0.29, 0.717) is 11.7 Å². The lowest BCUT2D eigenvalue weighted by Gasteiger charge is -2.27. The maximum atomic E-state index is 12.6. The number of rotatable bonds is 2. The van der Waals surface area contributed by atoms with Crippen molar-refractivity contribution in [2.45, 2.75) is 25.7 Å². The molecule has 0 aliphatic carbocycles. The Morgan fingerprint density at radius 2 is 1.93 bits per heavy atom. The van der Waals surface area contributed by atoms with E-state index in [1.54, 1.807) is 0 Å². The first-order valence-electron chi connectivity index (χ1n) is 10.2. The predicted octanol–water partition coefficient (Wildman–Crippen LogP) is 3.29. The number of hydrogen-bond donors (Lipinski definition) is 1. The Bertz CT molecular complexity index is 901. The standard InChI is InChI=1S/C23H27N3O2/c1-26-10-6-19(7-11-26)23(27)25-22-15-21-14-18(4-5-20(21)16-24-22)3-2-17-8-12-28-13-9-17/h4-5,14-17,19H,6-13H2,1H3,(H,24,25,27). The SMILES string of the molecule is CN1CCC(C(=O)Nc2cc3cc(C#CC4CCOCC4)ccc3cn2)CC1. The quantitative estimate of drug-likeness (QED) is 0.816. The Balaban J connectivity index is 1.46. The lowest BCUT2D eigenvalue weighted by atomic mass is 9.96. The van der Waals surface area contributed by atoms with Crippen molar-refractivity contribution in [3.63, 3.8) is 0 Å². The summed E-state index contributed by atoms with van der Waals surface area (Å²) in [6, 6.07) is 8.10. The number of aromatic nitrogens is 1. The molecule has 0 spiro atoms. The number of piperidine rings is 1. The lowest BCUT2D eigenvalue weighted by molar-refractivity contribution is -0.121. The van der Waals surface area contributed by atoms with E-state index in [4.69, 9.17) is 4.74 Å². The van der Waals surface area contributed by atoms with Crippen LogP contribution in [0.3, 0.4) is 0 Å². The first-order chi connectivity index (χ1) is 13.7. The third kappa shape index (κ3) is 4.70. The molecule has 2 fully saturated rings. The molecule has 2 aliphatic rings. The summed E-state index contributed by atoms with van der Waals surface area (Å²) in [6.45, 7) is 3.56. The number of ether oxygens (including phenoxy) is 1. The summed E-state index contributed by atoms with van der Waals surface area (Å²) in [5.41, 5.74) is 0.998. The molecule has 1 aromatic carbocycles. The zero-order chi connectivity index (χ0) is 19.3. The Kier molecular flexibility index (Phi) is 5.90. The molecule has 2 aliphatic heterocycles. The summed E-state index contributed by atoms with van der Waals surface area (Å²) in [7, 11) is 2.10. The van der Waals surface area contributed by atoms with E-state index in [1.165, 1.54) is 0 Å². The van der Waals surface area contributed by atoms with Crippen LogP contribution in [0.1, 0.15) is 31.2 Å². The van der Waals surface area contributed by atoms with Crippen LogP contribution in [-0.4, -0.2) is 49.1 Å². The number of nitrogens with one attached hydrogen (secondary N) is 1. The number of likely N-dealkylation sites (tertiary alicyclic amines) is 1. The van der Waals surface area contributed by atoms with Crippen LogP contribution in [-0.2, 0) is 9.53 Å². The number of anilines is 1. The van der Waals surface area contributed by atoms with Gasteiger partial charge in [-0.1, -0.05) is 17.9 Å². The minimum atomic E-state index is 0.0744. The molecule has 0 unspecified atom stereocenters. The van der Waals surface area contributed by atoms with Crippen molar-refractivity contribution in [3.05, 3.63) is 36.0 Å². The Labute approximate surface area is 166 Å². The summed E-state index contributed by atoms with van der Waals surface area (Å²) < 4.78 is 5.39. The minimum Gasteiger partial charge on any atom is -0.381 e. The molecule has 0 bridgehead atoms. The number of carbonyl (C=O) groups is 1. The van der Waals surface area contributed by atoms with E-state index in [0.717, 1.165) is 68.3 Å². The molecule has 1 amide bonds. The van der Waals surface area contributed by atoms with Gasteiger partial charge in [0.05, 0.1) is 0 Å². The van der Waals surface area contributed by atoms with Gasteiger partial charge in [-0.05, 0) is 69.4 Å². The fourth-order valence-electron chi connectivity index (χ4n) is 3.81. The van der Waals surface area contributed by atoms with E-state index in [9.17, 15) is 4.79 Å². The minimum absolute atomic E-state index is 0.0744. The number of amides is 1. The van der Waals surface area contributed by atoms with Crippen LogP contribution in [0.25, 0.3) is 10.8 Å². The summed E-state index contributed by atoms with van der Waals surface area (Å²) in [5, 5.41) is 5.10. The van der Waals surface area contributed by atoms with Crippen LogP contribution < -0.4 is 5.32 Å². The predicted molar refractivity (Wildman–Crippen MR) is 111 cm³/mol. The Hall–Kier alpha value is -2.42. The van der Waals surface area contributed by atoms with Crippen molar-refractivity contribution in [2.75, 3.05) is 38.7 Å². The second-order valence-electron chi connectivity index (χ2n) is 7.85. The molecule has 0 radical (unpaired) electrons. The summed E-state index contributed by atoms with van der Waals surface area (Å²) in [6.07, 6.45) is 5.65. The first kappa shape index (κ1) is 18.9. The molecule has 2 aromatic rings. The number of pyridine rings is 1. The van der Waals surface area contributed by atoms with Crippen molar-refractivity contribution in [1.29, 1.82) is 0 Å². The van der Waals surface area contributed by atoms with Crippen molar-refractivity contribution in [1.82, 2.24) is 9.88 Å². The van der Waals surface area contributed by atoms with Gasteiger partial charge in [-0.25, -0.2) is 4.98 Å². The third-order valence-electron chi connectivity index (χ3n) is 5.70. The van der Waals surface area contributed by atoms with Crippen molar-refractivity contribution >= 4 is 22.5 Å². The van der Waals surface area contributed by atoms with Gasteiger partial charge in [0.15, 0.2) is 0 Å². The highest BCUT2D eigenvalue weighted by atomic mass is 16.5. The van der Waals surface area contributed by atoms with Gasteiger partial charge in [0, 0.05) is 42.2 Å². The van der Waals surface area contributed by atoms with Crippen LogP contribution in [0, 0.1) is 23.7 Å². The van der Waals surface area contributed by atoms with Crippen LogP contribution in [0.4, 0.5) is 5.82 Å². The van der Waals surface area contributed by atoms with Gasteiger partial charge in [-0.3, -0.25) is 4.79 Å². The van der Waals surface area contributed by atoms with Gasteiger partial charge in [-0.15, -0.1) is 0 Å². The van der Waals surface area contributed by atoms with Gasteiger partial charge in [0.2, 0.25) is 5.91 Å². The topological polar surface area (TPSA) is 54.5 Å². The molecule has 4 rings (SSSR count). The van der Waals surface area contributed by atoms with E-state index < -0.39 is 0 Å². The van der Waals surface area contributed by atoms with Gasteiger partial charge in [0.25, 0.3) is 0 Å². The smallest absolute Gasteiger partial charge is 0.228 e. The third-order valence-corrected chi connectivity index (χ3v) is 5.70. The average Bonchev–Trinajstić information content (AvgIpc) is 2.73. The molecule has 1 aromatic heterocycles. The fraction of sp³-hybridized carbons (Fsp3) is 0.478. The number of nitrogens with zero attached hydrogens (tertiary/aromatic N) is 2. The van der Waals surface area contributed by atoms with Gasteiger partial charge < -0.3 is 15.0 Å². The Morgan fingerprint density at radius 3 is 2.71 bits per heavy atom. The highest BCUT2D eigenvalue weighted by molar-refractivity contribution is 5.94. The highest BCUT2D eigenvalue weighted by Crippen LogP contribution is 2.21. The summed E-state index contributed by atoms with van der Waals surface area (Å²) in [4.78, 5) is 19.2. The van der Waals surface area contributed by atoms with Gasteiger partial charge in [0.1, 0.15) is 5.82 Å². The maximum Gasteiger partial charge on any atom is 0.228 e. The molecule has 0 saturated carbocycles. The van der Waals surface area contributed by atoms with Gasteiger partial charge >= 0.3 is 0 Å². The zero-order valence-electron chi connectivity index (χ0n) is 16.4. The van der Waals surface area contributed by atoms with Crippen LogP contribution in [0.15, 0.2) is 30.5 Å². The molecule has 1 N–H and O–H groups in total. The molecular weight excluding hydrogens is 350 g/mol. The normalized spacial score (nSPS) is 19.2. The van der Waals surface area contributed by atoms with E-state index in [1.807, 2.05) is 24.4 Å². The summed E-state index contributed by atoms with van der Waals surface area (Å²) in [5.74, 6) is 7.87. The van der Waals surface area contributed by atoms with Crippen LogP contribution in [0.2, 0.25) is 0 Å². The molecule has 0 atom stereocenters. The van der Waals surface area contributed by atoms with Gasteiger partial charge in [-0.2, -0.15) is 0 Å². The second kappa shape index (κ2) is 8.72. The zero-order valence-corrected chi connectivity index (χ0v) is 16.4. The number of carbonyl (C=O) groups excluding carboxylic acids is 1. The largest absolute Gasteiger partial charge is 0.381 e. The Morgan fingerprint density at radius 1 is 1.14 bits per heavy atom. The number of benzene rings is 1. The van der Waals surface area contributed by atoms with E-state index in [-0.39, 0.29) is 11.8 Å². The average molecular weight is 377 g/mol. The maximum absolute atomic E-state index is 12.6. The number of fused-ring (bicyclic) bond motifs is 1. The second-order valence-corrected chi connectivity index (χ2v) is 7.85. The van der Waals surface area contributed by atoms with Crippen molar-refractivity contribution < 1.29 is 9.53 Å². The van der Waals surface area contributed by atoms with E-state index >= 15 is 0 Å². The lowest BCUT2D eigenvalue weighted by Crippen LogP contribution is -2.36. The molecule has 3 heterocycles. The molecule has 28 heavy (non-hydrogen) atoms. The first-order valence-corrected chi connectivity index (χ1v) is 10.2. The molecule has 5 heteroatoms. The monoisotopic (exact) mass is 377 g/mol. The van der Waals surface area contributed by atoms with E-state index in [2.05, 4.69) is 40.2 Å². The van der Waals surface area contributed by atoms with Crippen LogP contribution >= 0.6 is 0 Å². The van der Waals surface area contributed by atoms with Crippen molar-refractivity contribution in [2.24, 2.45) is 11.8 Å². The molecule has 5 nitrogen and oxygen atoms in total. The molecule has 146 valence electrons.